The number of allylic oxidation sites excluding steroid dienone is 1. The van der Waals surface area contributed by atoms with Crippen LogP contribution in [0.2, 0.25) is 0 Å². The van der Waals surface area contributed by atoms with E-state index in [1.54, 1.807) is 0 Å². The smallest absolute Gasteiger partial charge is 0.171 e. The number of aliphatic hydroxyl groups is 2. The van der Waals surface area contributed by atoms with E-state index in [4.69, 9.17) is 9.47 Å². The van der Waals surface area contributed by atoms with Gasteiger partial charge in [-0.25, -0.2) is 0 Å². The van der Waals surface area contributed by atoms with E-state index >= 15 is 0 Å². The number of hydrogen-bond donors (Lipinski definition) is 3. The molecule has 0 unspecified atom stereocenters. The van der Waals surface area contributed by atoms with Crippen LogP contribution in [0.1, 0.15) is 72.1 Å². The summed E-state index contributed by atoms with van der Waals surface area (Å²) in [6, 6.07) is 10.3. The fourth-order valence-corrected chi connectivity index (χ4v) is 8.14. The van der Waals surface area contributed by atoms with Gasteiger partial charge in [-0.1, -0.05) is 45.0 Å². The summed E-state index contributed by atoms with van der Waals surface area (Å²) in [7, 11) is 0. The third-order valence-corrected chi connectivity index (χ3v) is 10.2. The number of hydrogen-bond acceptors (Lipinski definition) is 5. The molecule has 5 aliphatic rings. The van der Waals surface area contributed by atoms with Crippen LogP contribution >= 0.6 is 0 Å². The minimum atomic E-state index is -0.962. The molecule has 1 saturated heterocycles. The number of anilines is 1. The largest absolute Gasteiger partial charge is 0.393 e. The average Bonchev–Trinajstić information content (AvgIpc) is 3.12. The van der Waals surface area contributed by atoms with Gasteiger partial charge in [0, 0.05) is 29.4 Å². The first-order valence-corrected chi connectivity index (χ1v) is 13.3. The van der Waals surface area contributed by atoms with Crippen molar-refractivity contribution in [3.63, 3.8) is 0 Å². The summed E-state index contributed by atoms with van der Waals surface area (Å²) < 4.78 is 12.8. The highest BCUT2D eigenvalue weighted by molar-refractivity contribution is 5.53. The van der Waals surface area contributed by atoms with Crippen LogP contribution in [0.4, 0.5) is 5.69 Å². The molecule has 6 rings (SSSR count). The lowest BCUT2D eigenvalue weighted by Crippen LogP contribution is -2.71. The van der Waals surface area contributed by atoms with E-state index in [1.165, 1.54) is 5.57 Å². The molecular formula is C29H41NO4. The maximum Gasteiger partial charge on any atom is 0.171 e. The second-order valence-electron chi connectivity index (χ2n) is 13.0. The minimum Gasteiger partial charge on any atom is -0.393 e. The van der Waals surface area contributed by atoms with E-state index in [1.807, 2.05) is 6.07 Å². The monoisotopic (exact) mass is 467 g/mol. The second kappa shape index (κ2) is 7.55. The van der Waals surface area contributed by atoms with Gasteiger partial charge >= 0.3 is 0 Å². The van der Waals surface area contributed by atoms with Crippen LogP contribution in [0.25, 0.3) is 0 Å². The van der Waals surface area contributed by atoms with E-state index in [0.29, 0.717) is 31.5 Å². The van der Waals surface area contributed by atoms with Crippen LogP contribution in [-0.4, -0.2) is 46.5 Å². The average molecular weight is 468 g/mol. The Morgan fingerprint density at radius 3 is 2.41 bits per heavy atom. The fourth-order valence-electron chi connectivity index (χ4n) is 8.14. The summed E-state index contributed by atoms with van der Waals surface area (Å²) in [6.07, 6.45) is 8.71. The Hall–Kier alpha value is -1.40. The Morgan fingerprint density at radius 2 is 1.68 bits per heavy atom. The molecule has 5 heteroatoms. The molecule has 1 aliphatic heterocycles. The van der Waals surface area contributed by atoms with Gasteiger partial charge in [-0.05, 0) is 68.1 Å². The van der Waals surface area contributed by atoms with E-state index in [-0.39, 0.29) is 16.9 Å². The van der Waals surface area contributed by atoms with Crippen molar-refractivity contribution in [2.24, 2.45) is 22.7 Å². The predicted octanol–water partition coefficient (Wildman–Crippen LogP) is 5.04. The Balaban J connectivity index is 1.40. The van der Waals surface area contributed by atoms with Gasteiger partial charge in [0.15, 0.2) is 5.79 Å². The molecule has 1 spiro atoms. The van der Waals surface area contributed by atoms with Crippen molar-refractivity contribution in [3.8, 4) is 0 Å². The molecule has 6 atom stereocenters. The number of benzene rings is 1. The molecule has 4 fully saturated rings. The number of ether oxygens (including phenoxy) is 2. The maximum absolute atomic E-state index is 12.5. The number of para-hydroxylation sites is 1. The Bertz CT molecular complexity index is 966. The highest BCUT2D eigenvalue weighted by Crippen LogP contribution is 2.64. The van der Waals surface area contributed by atoms with E-state index in [0.717, 1.165) is 50.6 Å². The summed E-state index contributed by atoms with van der Waals surface area (Å²) in [5, 5.41) is 27.3. The van der Waals surface area contributed by atoms with E-state index < -0.39 is 16.9 Å². The van der Waals surface area contributed by atoms with Gasteiger partial charge < -0.3 is 25.0 Å². The van der Waals surface area contributed by atoms with Crippen molar-refractivity contribution in [3.05, 3.63) is 42.0 Å². The molecule has 5 nitrogen and oxygen atoms in total. The second-order valence-corrected chi connectivity index (χ2v) is 13.0. The molecule has 1 aromatic rings. The molecule has 0 amide bonds. The summed E-state index contributed by atoms with van der Waals surface area (Å²) in [5.41, 5.74) is 0.862. The molecule has 1 aromatic carbocycles. The first kappa shape index (κ1) is 23.0. The van der Waals surface area contributed by atoms with Gasteiger partial charge in [0.25, 0.3) is 0 Å². The van der Waals surface area contributed by atoms with Gasteiger partial charge in [-0.3, -0.25) is 0 Å². The molecule has 0 bridgehead atoms. The number of aliphatic hydroxyl groups excluding tert-OH is 1. The fraction of sp³-hybridized carbons (Fsp3) is 0.724. The summed E-state index contributed by atoms with van der Waals surface area (Å²) >= 11 is 0. The summed E-state index contributed by atoms with van der Waals surface area (Å²) in [4.78, 5) is 0. The number of fused-ring (bicyclic) bond motifs is 5. The highest BCUT2D eigenvalue weighted by atomic mass is 16.7. The topological polar surface area (TPSA) is 71.0 Å². The third kappa shape index (κ3) is 3.27. The lowest BCUT2D eigenvalue weighted by Gasteiger charge is -2.64. The molecule has 0 aromatic heterocycles. The molecule has 3 saturated carbocycles. The highest BCUT2D eigenvalue weighted by Gasteiger charge is 2.67. The zero-order valence-corrected chi connectivity index (χ0v) is 21.0. The first-order valence-electron chi connectivity index (χ1n) is 13.3. The predicted molar refractivity (Wildman–Crippen MR) is 132 cm³/mol. The zero-order chi connectivity index (χ0) is 23.8. The Morgan fingerprint density at radius 1 is 0.941 bits per heavy atom. The van der Waals surface area contributed by atoms with Crippen LogP contribution in [0, 0.1) is 22.7 Å². The molecule has 1 heterocycles. The van der Waals surface area contributed by atoms with Gasteiger partial charge in [0.1, 0.15) is 0 Å². The van der Waals surface area contributed by atoms with Crippen molar-refractivity contribution >= 4 is 5.69 Å². The minimum absolute atomic E-state index is 0.00200. The van der Waals surface area contributed by atoms with Crippen molar-refractivity contribution in [2.75, 3.05) is 18.5 Å². The quantitative estimate of drug-likeness (QED) is 0.532. The van der Waals surface area contributed by atoms with Gasteiger partial charge in [0.2, 0.25) is 0 Å². The summed E-state index contributed by atoms with van der Waals surface area (Å²) in [5.74, 6) is 0.167. The van der Waals surface area contributed by atoms with Crippen molar-refractivity contribution < 1.29 is 19.7 Å². The molecule has 186 valence electrons. The van der Waals surface area contributed by atoms with Crippen molar-refractivity contribution in [1.29, 1.82) is 0 Å². The third-order valence-electron chi connectivity index (χ3n) is 10.2. The number of rotatable bonds is 2. The van der Waals surface area contributed by atoms with Gasteiger partial charge in [-0.15, -0.1) is 0 Å². The Labute approximate surface area is 203 Å². The molecule has 4 aliphatic carbocycles. The van der Waals surface area contributed by atoms with Gasteiger partial charge in [0.05, 0.1) is 30.5 Å². The standard InChI is InChI=1S/C29H41NO4/c1-25(2)18-33-28(34-19-25)15-16-29(30-20-7-5-4-6-8-20)23-12-13-26(3)22(9-10-24(26)31)21(23)11-14-27(29,32)17-28/h4-8,12,21-22,24,30-32H,9-11,13-19H2,1-3H3/t21-,22-,24-,26-,27+,29-/m0/s1. The summed E-state index contributed by atoms with van der Waals surface area (Å²) in [6.45, 7) is 7.94. The molecule has 34 heavy (non-hydrogen) atoms. The van der Waals surface area contributed by atoms with Crippen molar-refractivity contribution in [1.82, 2.24) is 0 Å². The van der Waals surface area contributed by atoms with Crippen LogP contribution in [0.5, 0.6) is 0 Å². The van der Waals surface area contributed by atoms with E-state index in [2.05, 4.69) is 56.4 Å². The molecular weight excluding hydrogens is 426 g/mol. The van der Waals surface area contributed by atoms with Crippen LogP contribution in [-0.2, 0) is 9.47 Å². The lowest BCUT2D eigenvalue weighted by molar-refractivity contribution is -0.335. The SMILES string of the molecule is CC1(C)COC2(CC[C@]3(Nc4ccccc4)C4=CC[C@]5(C)[C@@H](O)CC[C@H]5[C@@H]4CC[C@@]3(O)C2)OC1. The van der Waals surface area contributed by atoms with Crippen LogP contribution in [0.15, 0.2) is 42.0 Å². The molecule has 3 N–H and O–H groups in total. The zero-order valence-electron chi connectivity index (χ0n) is 21.0. The van der Waals surface area contributed by atoms with Crippen molar-refractivity contribution in [2.45, 2.75) is 95.2 Å². The van der Waals surface area contributed by atoms with Gasteiger partial charge in [-0.2, -0.15) is 0 Å². The molecule has 0 radical (unpaired) electrons. The lowest BCUT2D eigenvalue weighted by atomic mass is 9.49. The first-order chi connectivity index (χ1) is 16.1. The van der Waals surface area contributed by atoms with E-state index in [9.17, 15) is 10.2 Å². The Kier molecular flexibility index (Phi) is 5.11. The maximum atomic E-state index is 12.5. The van der Waals surface area contributed by atoms with Crippen LogP contribution < -0.4 is 5.32 Å². The van der Waals surface area contributed by atoms with Crippen LogP contribution in [0.3, 0.4) is 0 Å². The normalized spacial score (nSPS) is 44.5. The number of nitrogens with one attached hydrogen (secondary N) is 1.